The van der Waals surface area contributed by atoms with Crippen molar-refractivity contribution in [2.75, 3.05) is 19.7 Å². The monoisotopic (exact) mass is 288 g/mol. The molecule has 114 valence electrons. The number of carbonyl (C=O) groups is 1. The van der Waals surface area contributed by atoms with Gasteiger partial charge >= 0.3 is 0 Å². The third kappa shape index (κ3) is 3.21. The molecule has 0 radical (unpaired) electrons. The molecule has 2 atom stereocenters. The summed E-state index contributed by atoms with van der Waals surface area (Å²) in [6, 6.07) is 6.05. The molecule has 1 amide bonds. The highest BCUT2D eigenvalue weighted by Gasteiger charge is 2.42. The number of nitrogens with zero attached hydrogens (tertiary/aromatic N) is 1. The van der Waals surface area contributed by atoms with Crippen LogP contribution in [0.2, 0.25) is 0 Å². The second kappa shape index (κ2) is 5.68. The first-order chi connectivity index (χ1) is 10.0. The van der Waals surface area contributed by atoms with Crippen LogP contribution in [0.25, 0.3) is 0 Å². The Morgan fingerprint density at radius 3 is 2.71 bits per heavy atom. The van der Waals surface area contributed by atoms with Crippen molar-refractivity contribution in [3.05, 3.63) is 29.3 Å². The zero-order chi connectivity index (χ0) is 15.0. The summed E-state index contributed by atoms with van der Waals surface area (Å²) in [5.74, 6) is 2.05. The number of rotatable bonds is 4. The normalized spacial score (nSPS) is 25.2. The van der Waals surface area contributed by atoms with Crippen molar-refractivity contribution in [3.63, 3.8) is 0 Å². The molecule has 4 heteroatoms. The Bertz CT molecular complexity index is 540. The molecular formula is C17H24N2O2. The number of ether oxygens (including phenoxy) is 1. The van der Waals surface area contributed by atoms with Crippen LogP contribution >= 0.6 is 0 Å². The number of hydrogen-bond acceptors (Lipinski definition) is 3. The highest BCUT2D eigenvalue weighted by Crippen LogP contribution is 2.40. The Morgan fingerprint density at radius 2 is 2.05 bits per heavy atom. The highest BCUT2D eigenvalue weighted by atomic mass is 16.5. The summed E-state index contributed by atoms with van der Waals surface area (Å²) in [7, 11) is 0. The molecule has 4 nitrogen and oxygen atoms in total. The minimum absolute atomic E-state index is 0.0480. The lowest BCUT2D eigenvalue weighted by molar-refractivity contribution is -0.132. The van der Waals surface area contributed by atoms with Crippen LogP contribution in [0.3, 0.4) is 0 Å². The number of hydrogen-bond donors (Lipinski definition) is 1. The molecule has 1 aromatic carbocycles. The molecule has 0 bridgehead atoms. The van der Waals surface area contributed by atoms with Gasteiger partial charge in [-0.15, -0.1) is 0 Å². The molecule has 21 heavy (non-hydrogen) atoms. The van der Waals surface area contributed by atoms with Crippen LogP contribution in [0.15, 0.2) is 18.2 Å². The molecule has 2 fully saturated rings. The van der Waals surface area contributed by atoms with Gasteiger partial charge in [0.05, 0.1) is 0 Å². The predicted molar refractivity (Wildman–Crippen MR) is 82.2 cm³/mol. The number of carbonyl (C=O) groups excluding carboxylic acids is 1. The van der Waals surface area contributed by atoms with E-state index in [1.807, 2.05) is 30.0 Å². The molecular weight excluding hydrogens is 264 g/mol. The average molecular weight is 288 g/mol. The topological polar surface area (TPSA) is 55.6 Å². The summed E-state index contributed by atoms with van der Waals surface area (Å²) >= 11 is 0. The maximum absolute atomic E-state index is 12.2. The van der Waals surface area contributed by atoms with E-state index in [9.17, 15) is 4.79 Å². The van der Waals surface area contributed by atoms with Crippen molar-refractivity contribution in [1.29, 1.82) is 0 Å². The van der Waals surface area contributed by atoms with Gasteiger partial charge in [0.15, 0.2) is 6.61 Å². The molecule has 1 heterocycles. The van der Waals surface area contributed by atoms with Gasteiger partial charge in [-0.1, -0.05) is 6.07 Å². The fourth-order valence-electron chi connectivity index (χ4n) is 3.12. The minimum atomic E-state index is 0.0480. The zero-order valence-electron chi connectivity index (χ0n) is 12.8. The van der Waals surface area contributed by atoms with E-state index in [1.54, 1.807) is 0 Å². The predicted octanol–water partition coefficient (Wildman–Crippen LogP) is 1.88. The largest absolute Gasteiger partial charge is 0.484 e. The number of benzene rings is 1. The van der Waals surface area contributed by atoms with E-state index in [0.717, 1.165) is 18.2 Å². The summed E-state index contributed by atoms with van der Waals surface area (Å²) in [4.78, 5) is 14.1. The molecule has 2 aliphatic rings. The summed E-state index contributed by atoms with van der Waals surface area (Å²) in [5.41, 5.74) is 8.56. The number of amides is 1. The molecule has 0 unspecified atom stereocenters. The Labute approximate surface area is 126 Å². The van der Waals surface area contributed by atoms with Crippen LogP contribution in [-0.2, 0) is 4.79 Å². The molecule has 0 aromatic heterocycles. The highest BCUT2D eigenvalue weighted by molar-refractivity contribution is 5.78. The van der Waals surface area contributed by atoms with Gasteiger partial charge in [-0.2, -0.15) is 0 Å². The quantitative estimate of drug-likeness (QED) is 0.920. The summed E-state index contributed by atoms with van der Waals surface area (Å²) in [6.45, 7) is 5.70. The van der Waals surface area contributed by atoms with Gasteiger partial charge in [-0.25, -0.2) is 0 Å². The van der Waals surface area contributed by atoms with E-state index in [-0.39, 0.29) is 18.6 Å². The summed E-state index contributed by atoms with van der Waals surface area (Å²) < 4.78 is 5.63. The third-order valence-corrected chi connectivity index (χ3v) is 4.83. The molecule has 3 rings (SSSR count). The summed E-state index contributed by atoms with van der Waals surface area (Å²) in [6.07, 6.45) is 2.55. The van der Waals surface area contributed by atoms with Crippen molar-refractivity contribution in [2.45, 2.75) is 32.7 Å². The van der Waals surface area contributed by atoms with E-state index >= 15 is 0 Å². The van der Waals surface area contributed by atoms with Crippen LogP contribution in [-0.4, -0.2) is 36.5 Å². The molecule has 1 aliphatic heterocycles. The number of likely N-dealkylation sites (tertiary alicyclic amines) is 1. The molecule has 2 N–H and O–H groups in total. The average Bonchev–Trinajstić information content (AvgIpc) is 3.22. The maximum Gasteiger partial charge on any atom is 0.260 e. The fraction of sp³-hybridized carbons (Fsp3) is 0.588. The first-order valence-corrected chi connectivity index (χ1v) is 7.78. The standard InChI is InChI=1S/C17H24N2O2/c1-11-3-6-14(7-12(11)2)21-10-17(20)19-8-15(13-4-5-13)16(18)9-19/h3,6-7,13,15-16H,4-5,8-10,18H2,1-2H3/t15-,16+/m1/s1. The zero-order valence-corrected chi connectivity index (χ0v) is 12.8. The molecule has 0 spiro atoms. The molecule has 1 saturated heterocycles. The summed E-state index contributed by atoms with van der Waals surface area (Å²) in [5, 5.41) is 0. The Morgan fingerprint density at radius 1 is 1.29 bits per heavy atom. The van der Waals surface area contributed by atoms with Gasteiger partial charge < -0.3 is 15.4 Å². The minimum Gasteiger partial charge on any atom is -0.484 e. The van der Waals surface area contributed by atoms with E-state index in [0.29, 0.717) is 12.5 Å². The van der Waals surface area contributed by atoms with Gasteiger partial charge in [-0.05, 0) is 61.8 Å². The van der Waals surface area contributed by atoms with Crippen molar-refractivity contribution in [3.8, 4) is 5.75 Å². The van der Waals surface area contributed by atoms with Crippen LogP contribution in [0.5, 0.6) is 5.75 Å². The van der Waals surface area contributed by atoms with Crippen molar-refractivity contribution in [1.82, 2.24) is 4.90 Å². The van der Waals surface area contributed by atoms with Crippen LogP contribution < -0.4 is 10.5 Å². The first-order valence-electron chi connectivity index (χ1n) is 7.78. The number of aryl methyl sites for hydroxylation is 2. The van der Waals surface area contributed by atoms with Crippen LogP contribution in [0, 0.1) is 25.7 Å². The Kier molecular flexibility index (Phi) is 3.89. The van der Waals surface area contributed by atoms with Crippen molar-refractivity contribution < 1.29 is 9.53 Å². The van der Waals surface area contributed by atoms with Gasteiger partial charge in [0.2, 0.25) is 0 Å². The fourth-order valence-corrected chi connectivity index (χ4v) is 3.12. The SMILES string of the molecule is Cc1ccc(OCC(=O)N2C[C@H](C3CC3)[C@@H](N)C2)cc1C. The van der Waals surface area contributed by atoms with Gasteiger partial charge in [0, 0.05) is 19.1 Å². The van der Waals surface area contributed by atoms with Gasteiger partial charge in [0.1, 0.15) is 5.75 Å². The lowest BCUT2D eigenvalue weighted by Crippen LogP contribution is -2.35. The molecule has 1 saturated carbocycles. The van der Waals surface area contributed by atoms with Crippen LogP contribution in [0.1, 0.15) is 24.0 Å². The Balaban J connectivity index is 1.53. The number of nitrogens with two attached hydrogens (primary N) is 1. The van der Waals surface area contributed by atoms with Crippen molar-refractivity contribution >= 4 is 5.91 Å². The van der Waals surface area contributed by atoms with Gasteiger partial charge in [0.25, 0.3) is 5.91 Å². The maximum atomic E-state index is 12.2. The van der Waals surface area contributed by atoms with E-state index in [2.05, 4.69) is 6.92 Å². The molecule has 1 aromatic rings. The lowest BCUT2D eigenvalue weighted by Gasteiger charge is -2.17. The van der Waals surface area contributed by atoms with E-state index < -0.39 is 0 Å². The second-order valence-corrected chi connectivity index (χ2v) is 6.50. The van der Waals surface area contributed by atoms with Crippen molar-refractivity contribution in [2.24, 2.45) is 17.6 Å². The first kappa shape index (κ1) is 14.4. The third-order valence-electron chi connectivity index (χ3n) is 4.83. The molecule has 1 aliphatic carbocycles. The van der Waals surface area contributed by atoms with E-state index in [1.165, 1.54) is 24.0 Å². The van der Waals surface area contributed by atoms with E-state index in [4.69, 9.17) is 10.5 Å². The van der Waals surface area contributed by atoms with Crippen LogP contribution in [0.4, 0.5) is 0 Å². The van der Waals surface area contributed by atoms with Gasteiger partial charge in [-0.3, -0.25) is 4.79 Å². The Hall–Kier alpha value is -1.55. The smallest absolute Gasteiger partial charge is 0.260 e. The lowest BCUT2D eigenvalue weighted by atomic mass is 9.99. The second-order valence-electron chi connectivity index (χ2n) is 6.50.